The molecule has 2 amide bonds. The molecule has 3 rings (SSSR count). The summed E-state index contributed by atoms with van der Waals surface area (Å²) >= 11 is 12.5. The Balaban J connectivity index is 2.00. The van der Waals surface area contributed by atoms with E-state index in [0.717, 1.165) is 9.75 Å². The lowest BCUT2D eigenvalue weighted by atomic mass is 10.1. The number of amides is 2. The lowest BCUT2D eigenvalue weighted by molar-refractivity contribution is -0.122. The zero-order valence-corrected chi connectivity index (χ0v) is 14.4. The highest BCUT2D eigenvalue weighted by molar-refractivity contribution is 7.80. The van der Waals surface area contributed by atoms with Crippen LogP contribution in [0.3, 0.4) is 0 Å². The normalized spacial score (nSPS) is 16.9. The molecule has 2 heterocycles. The molecule has 0 bridgehead atoms. The Bertz CT molecular complexity index is 840. The first-order valence-corrected chi connectivity index (χ1v) is 8.29. The van der Waals surface area contributed by atoms with E-state index in [0.29, 0.717) is 10.7 Å². The number of nitrogens with zero attached hydrogens (tertiary/aromatic N) is 1. The Morgan fingerprint density at radius 1 is 1.17 bits per heavy atom. The first kappa shape index (κ1) is 15.9. The van der Waals surface area contributed by atoms with Crippen LogP contribution in [0.4, 0.5) is 5.69 Å². The summed E-state index contributed by atoms with van der Waals surface area (Å²) in [6.45, 7) is 1.96. The van der Waals surface area contributed by atoms with Gasteiger partial charge >= 0.3 is 0 Å². The maximum atomic E-state index is 12.7. The molecule has 0 aliphatic carbocycles. The minimum atomic E-state index is -0.490. The molecular formula is C16H11ClN2O2S2. The van der Waals surface area contributed by atoms with Crippen molar-refractivity contribution in [1.82, 2.24) is 5.32 Å². The lowest BCUT2D eigenvalue weighted by Gasteiger charge is -2.28. The van der Waals surface area contributed by atoms with E-state index in [1.807, 2.05) is 19.1 Å². The van der Waals surface area contributed by atoms with Crippen molar-refractivity contribution in [2.75, 3.05) is 4.90 Å². The highest BCUT2D eigenvalue weighted by Gasteiger charge is 2.34. The number of aryl methyl sites for hydroxylation is 1. The fraction of sp³-hybridized carbons (Fsp3) is 0.0625. The van der Waals surface area contributed by atoms with Crippen LogP contribution < -0.4 is 10.2 Å². The summed E-state index contributed by atoms with van der Waals surface area (Å²) in [5.74, 6) is -0.941. The number of thiocarbonyl (C=S) groups is 1. The van der Waals surface area contributed by atoms with Gasteiger partial charge in [-0.2, -0.15) is 0 Å². The number of halogens is 1. The van der Waals surface area contributed by atoms with Gasteiger partial charge in [0.25, 0.3) is 11.8 Å². The lowest BCUT2D eigenvalue weighted by Crippen LogP contribution is -2.54. The largest absolute Gasteiger partial charge is 0.298 e. The standard InChI is InChI=1S/C16H11ClN2O2S2/c1-9-2-7-12(23-9)8-13-14(20)18-16(22)19(15(13)21)11-5-3-10(17)4-6-11/h2-8H,1H3,(H,18,20,22). The predicted octanol–water partition coefficient (Wildman–Crippen LogP) is 3.54. The van der Waals surface area contributed by atoms with E-state index in [4.69, 9.17) is 23.8 Å². The van der Waals surface area contributed by atoms with Gasteiger partial charge in [0.1, 0.15) is 5.57 Å². The van der Waals surface area contributed by atoms with Gasteiger partial charge in [0, 0.05) is 14.8 Å². The molecule has 2 aromatic rings. The smallest absolute Gasteiger partial charge is 0.270 e. The van der Waals surface area contributed by atoms with Crippen LogP contribution in [0.5, 0.6) is 0 Å². The zero-order chi connectivity index (χ0) is 16.6. The molecule has 0 saturated carbocycles. The van der Waals surface area contributed by atoms with E-state index < -0.39 is 11.8 Å². The first-order valence-electron chi connectivity index (χ1n) is 6.69. The second kappa shape index (κ2) is 6.23. The van der Waals surface area contributed by atoms with Gasteiger partial charge in [-0.3, -0.25) is 19.8 Å². The van der Waals surface area contributed by atoms with Gasteiger partial charge in [-0.1, -0.05) is 11.6 Å². The SMILES string of the molecule is Cc1ccc(C=C2C(=O)NC(=S)N(c3ccc(Cl)cc3)C2=O)s1. The molecule has 4 nitrogen and oxygen atoms in total. The third-order valence-electron chi connectivity index (χ3n) is 3.23. The summed E-state index contributed by atoms with van der Waals surface area (Å²) in [7, 11) is 0. The number of nitrogens with one attached hydrogen (secondary N) is 1. The third-order valence-corrected chi connectivity index (χ3v) is 4.72. The Kier molecular flexibility index (Phi) is 4.30. The van der Waals surface area contributed by atoms with Crippen LogP contribution in [0.1, 0.15) is 9.75 Å². The molecule has 0 spiro atoms. The number of rotatable bonds is 2. The quantitative estimate of drug-likeness (QED) is 0.505. The molecule has 1 aromatic heterocycles. The molecular weight excluding hydrogens is 352 g/mol. The maximum Gasteiger partial charge on any atom is 0.270 e. The van der Waals surface area contributed by atoms with Crippen LogP contribution in [0.2, 0.25) is 5.02 Å². The van der Waals surface area contributed by atoms with Crippen LogP contribution in [-0.2, 0) is 9.59 Å². The third kappa shape index (κ3) is 3.19. The molecule has 0 unspecified atom stereocenters. The number of thiophene rings is 1. The Morgan fingerprint density at radius 2 is 1.87 bits per heavy atom. The summed E-state index contributed by atoms with van der Waals surface area (Å²) in [6.07, 6.45) is 1.58. The van der Waals surface area contributed by atoms with E-state index in [9.17, 15) is 9.59 Å². The van der Waals surface area contributed by atoms with E-state index in [1.165, 1.54) is 16.2 Å². The number of anilines is 1. The first-order chi connectivity index (χ1) is 11.0. The van der Waals surface area contributed by atoms with Crippen LogP contribution >= 0.6 is 35.2 Å². The molecule has 1 aliphatic heterocycles. The van der Waals surface area contributed by atoms with Crippen LogP contribution in [-0.4, -0.2) is 16.9 Å². The minimum Gasteiger partial charge on any atom is -0.298 e. The summed E-state index contributed by atoms with van der Waals surface area (Å²) in [6, 6.07) is 10.5. The zero-order valence-electron chi connectivity index (χ0n) is 12.0. The van der Waals surface area contributed by atoms with Crippen molar-refractivity contribution in [3.05, 3.63) is 56.7 Å². The molecule has 23 heavy (non-hydrogen) atoms. The molecule has 7 heteroatoms. The number of carbonyl (C=O) groups excluding carboxylic acids is 2. The van der Waals surface area contributed by atoms with E-state index in [2.05, 4.69) is 5.32 Å². The van der Waals surface area contributed by atoms with Crippen molar-refractivity contribution in [3.8, 4) is 0 Å². The maximum absolute atomic E-state index is 12.7. The number of hydrogen-bond donors (Lipinski definition) is 1. The van der Waals surface area contributed by atoms with Crippen molar-refractivity contribution in [3.63, 3.8) is 0 Å². The molecule has 1 saturated heterocycles. The molecule has 1 N–H and O–H groups in total. The number of benzene rings is 1. The van der Waals surface area contributed by atoms with Crippen molar-refractivity contribution in [1.29, 1.82) is 0 Å². The van der Waals surface area contributed by atoms with Gasteiger partial charge in [0.05, 0.1) is 5.69 Å². The molecule has 0 radical (unpaired) electrons. The van der Waals surface area contributed by atoms with Gasteiger partial charge in [0.2, 0.25) is 0 Å². The Labute approximate surface area is 147 Å². The van der Waals surface area contributed by atoms with Crippen molar-refractivity contribution in [2.45, 2.75) is 6.92 Å². The molecule has 0 atom stereocenters. The summed E-state index contributed by atoms with van der Waals surface area (Å²) in [5, 5.41) is 3.16. The second-order valence-corrected chi connectivity index (χ2v) is 7.03. The predicted molar refractivity (Wildman–Crippen MR) is 96.7 cm³/mol. The Morgan fingerprint density at radius 3 is 2.48 bits per heavy atom. The van der Waals surface area contributed by atoms with Gasteiger partial charge < -0.3 is 0 Å². The Hall–Kier alpha value is -2.02. The van der Waals surface area contributed by atoms with Crippen LogP contribution in [0.25, 0.3) is 6.08 Å². The average Bonchev–Trinajstić information content (AvgIpc) is 2.91. The van der Waals surface area contributed by atoms with Crippen molar-refractivity contribution >= 4 is 63.8 Å². The molecule has 116 valence electrons. The minimum absolute atomic E-state index is 0.0513. The fourth-order valence-electron chi connectivity index (χ4n) is 2.16. The molecule has 1 aromatic carbocycles. The van der Waals surface area contributed by atoms with Gasteiger partial charge in [-0.15, -0.1) is 11.3 Å². The highest BCUT2D eigenvalue weighted by atomic mass is 35.5. The number of hydrogen-bond acceptors (Lipinski definition) is 4. The fourth-order valence-corrected chi connectivity index (χ4v) is 3.38. The monoisotopic (exact) mass is 362 g/mol. The highest BCUT2D eigenvalue weighted by Crippen LogP contribution is 2.25. The van der Waals surface area contributed by atoms with E-state index in [-0.39, 0.29) is 10.7 Å². The topological polar surface area (TPSA) is 49.4 Å². The van der Waals surface area contributed by atoms with Gasteiger partial charge in [0.15, 0.2) is 5.11 Å². The van der Waals surface area contributed by atoms with Crippen molar-refractivity contribution in [2.24, 2.45) is 0 Å². The van der Waals surface area contributed by atoms with Gasteiger partial charge in [-0.05, 0) is 61.6 Å². The summed E-state index contributed by atoms with van der Waals surface area (Å²) in [5.41, 5.74) is 0.605. The van der Waals surface area contributed by atoms with E-state index >= 15 is 0 Å². The van der Waals surface area contributed by atoms with E-state index in [1.54, 1.807) is 30.3 Å². The molecule has 1 aliphatic rings. The van der Waals surface area contributed by atoms with Crippen LogP contribution in [0, 0.1) is 6.92 Å². The average molecular weight is 363 g/mol. The molecule has 1 fully saturated rings. The summed E-state index contributed by atoms with van der Waals surface area (Å²) in [4.78, 5) is 28.1. The number of carbonyl (C=O) groups is 2. The van der Waals surface area contributed by atoms with Crippen molar-refractivity contribution < 1.29 is 9.59 Å². The van der Waals surface area contributed by atoms with Gasteiger partial charge in [-0.25, -0.2) is 0 Å². The summed E-state index contributed by atoms with van der Waals surface area (Å²) < 4.78 is 0. The second-order valence-electron chi connectivity index (χ2n) is 4.88. The van der Waals surface area contributed by atoms with Crippen LogP contribution in [0.15, 0.2) is 42.0 Å².